The highest BCUT2D eigenvalue weighted by atomic mass is 16.7. The van der Waals surface area contributed by atoms with Crippen LogP contribution in [0.25, 0.3) is 0 Å². The Morgan fingerprint density at radius 2 is 2.17 bits per heavy atom. The van der Waals surface area contributed by atoms with E-state index in [2.05, 4.69) is 5.48 Å². The van der Waals surface area contributed by atoms with Gasteiger partial charge in [0, 0.05) is 12.1 Å². The standard InChI is InChI=1S/C14H20N2O2/c15-12-5-3-4-11(10-12)8-9-14(17)16-18-13-6-1-2-7-13/h3-5,10,13H,1-2,6-9,15H2,(H,16,17). The van der Waals surface area contributed by atoms with Gasteiger partial charge in [-0.05, 0) is 37.0 Å². The number of carbonyl (C=O) groups excluding carboxylic acids is 1. The van der Waals surface area contributed by atoms with E-state index in [0.29, 0.717) is 12.8 Å². The van der Waals surface area contributed by atoms with Crippen molar-refractivity contribution < 1.29 is 9.63 Å². The molecule has 0 bridgehead atoms. The number of hydrogen-bond acceptors (Lipinski definition) is 3. The van der Waals surface area contributed by atoms with Crippen molar-refractivity contribution in [2.24, 2.45) is 0 Å². The SMILES string of the molecule is Nc1cccc(CCC(=O)NOC2CCCC2)c1. The molecular weight excluding hydrogens is 228 g/mol. The van der Waals surface area contributed by atoms with Gasteiger partial charge in [-0.25, -0.2) is 5.48 Å². The summed E-state index contributed by atoms with van der Waals surface area (Å²) >= 11 is 0. The second-order valence-corrected chi connectivity index (χ2v) is 4.79. The fourth-order valence-electron chi connectivity index (χ4n) is 2.21. The van der Waals surface area contributed by atoms with Crippen LogP contribution in [-0.4, -0.2) is 12.0 Å². The first kappa shape index (κ1) is 12.9. The Balaban J connectivity index is 1.68. The summed E-state index contributed by atoms with van der Waals surface area (Å²) in [5.74, 6) is -0.0654. The van der Waals surface area contributed by atoms with Gasteiger partial charge in [0.15, 0.2) is 0 Å². The molecule has 18 heavy (non-hydrogen) atoms. The summed E-state index contributed by atoms with van der Waals surface area (Å²) in [6.07, 6.45) is 5.82. The Labute approximate surface area is 107 Å². The molecule has 1 aromatic rings. The van der Waals surface area contributed by atoms with Gasteiger partial charge in [0.25, 0.3) is 0 Å². The van der Waals surface area contributed by atoms with Crippen molar-refractivity contribution in [3.05, 3.63) is 29.8 Å². The van der Waals surface area contributed by atoms with E-state index in [0.717, 1.165) is 24.1 Å². The van der Waals surface area contributed by atoms with Crippen LogP contribution in [0.2, 0.25) is 0 Å². The number of carbonyl (C=O) groups is 1. The lowest BCUT2D eigenvalue weighted by molar-refractivity contribution is -0.138. The number of nitrogens with two attached hydrogens (primary N) is 1. The van der Waals surface area contributed by atoms with Gasteiger partial charge in [0.2, 0.25) is 5.91 Å². The van der Waals surface area contributed by atoms with Crippen LogP contribution in [0.1, 0.15) is 37.7 Å². The third kappa shape index (κ3) is 4.04. The maximum absolute atomic E-state index is 11.6. The van der Waals surface area contributed by atoms with Crippen LogP contribution in [0.15, 0.2) is 24.3 Å². The molecule has 1 amide bonds. The average Bonchev–Trinajstić information content (AvgIpc) is 2.87. The quantitative estimate of drug-likeness (QED) is 0.620. The van der Waals surface area contributed by atoms with E-state index in [1.165, 1.54) is 12.8 Å². The molecule has 3 N–H and O–H groups in total. The Morgan fingerprint density at radius 3 is 2.89 bits per heavy atom. The maximum atomic E-state index is 11.6. The molecule has 0 aliphatic heterocycles. The van der Waals surface area contributed by atoms with Crippen LogP contribution < -0.4 is 11.2 Å². The second-order valence-electron chi connectivity index (χ2n) is 4.79. The van der Waals surface area contributed by atoms with E-state index in [1.807, 2.05) is 24.3 Å². The number of anilines is 1. The summed E-state index contributed by atoms with van der Waals surface area (Å²) in [7, 11) is 0. The van der Waals surface area contributed by atoms with E-state index in [-0.39, 0.29) is 12.0 Å². The topological polar surface area (TPSA) is 64.4 Å². The van der Waals surface area contributed by atoms with Crippen LogP contribution >= 0.6 is 0 Å². The Morgan fingerprint density at radius 1 is 1.39 bits per heavy atom. The van der Waals surface area contributed by atoms with Gasteiger partial charge in [-0.3, -0.25) is 9.63 Å². The average molecular weight is 248 g/mol. The highest BCUT2D eigenvalue weighted by Crippen LogP contribution is 2.19. The van der Waals surface area contributed by atoms with Crippen molar-refractivity contribution in [2.45, 2.75) is 44.6 Å². The summed E-state index contributed by atoms with van der Waals surface area (Å²) in [4.78, 5) is 16.9. The monoisotopic (exact) mass is 248 g/mol. The van der Waals surface area contributed by atoms with Gasteiger partial charge < -0.3 is 5.73 Å². The first-order chi connectivity index (χ1) is 8.74. The van der Waals surface area contributed by atoms with Gasteiger partial charge in [0.1, 0.15) is 0 Å². The summed E-state index contributed by atoms with van der Waals surface area (Å²) < 4.78 is 0. The number of hydroxylamine groups is 1. The molecule has 1 aromatic carbocycles. The molecule has 4 nitrogen and oxygen atoms in total. The van der Waals surface area contributed by atoms with Crippen molar-refractivity contribution in [3.8, 4) is 0 Å². The van der Waals surface area contributed by atoms with E-state index >= 15 is 0 Å². The number of aryl methyl sites for hydroxylation is 1. The predicted octanol–water partition coefficient (Wildman–Crippen LogP) is 2.19. The van der Waals surface area contributed by atoms with Gasteiger partial charge in [-0.15, -0.1) is 0 Å². The zero-order chi connectivity index (χ0) is 12.8. The predicted molar refractivity (Wildman–Crippen MR) is 70.7 cm³/mol. The summed E-state index contributed by atoms with van der Waals surface area (Å²) in [5.41, 5.74) is 10.0. The zero-order valence-corrected chi connectivity index (χ0v) is 10.5. The first-order valence-corrected chi connectivity index (χ1v) is 6.53. The fourth-order valence-corrected chi connectivity index (χ4v) is 2.21. The minimum atomic E-state index is -0.0654. The number of nitrogen functional groups attached to an aromatic ring is 1. The number of hydrogen-bond donors (Lipinski definition) is 2. The molecule has 0 spiro atoms. The summed E-state index contributed by atoms with van der Waals surface area (Å²) in [6.45, 7) is 0. The van der Waals surface area contributed by atoms with E-state index in [9.17, 15) is 4.79 Å². The third-order valence-electron chi connectivity index (χ3n) is 3.23. The van der Waals surface area contributed by atoms with Gasteiger partial charge in [-0.2, -0.15) is 0 Å². The number of benzene rings is 1. The molecule has 0 atom stereocenters. The van der Waals surface area contributed by atoms with Crippen LogP contribution in [0.5, 0.6) is 0 Å². The van der Waals surface area contributed by atoms with Crippen LogP contribution in [-0.2, 0) is 16.1 Å². The molecular formula is C14H20N2O2. The van der Waals surface area contributed by atoms with Gasteiger partial charge in [-0.1, -0.05) is 25.0 Å². The van der Waals surface area contributed by atoms with Crippen LogP contribution in [0.4, 0.5) is 5.69 Å². The molecule has 98 valence electrons. The maximum Gasteiger partial charge on any atom is 0.243 e. The first-order valence-electron chi connectivity index (χ1n) is 6.53. The molecule has 1 aliphatic rings. The van der Waals surface area contributed by atoms with Gasteiger partial charge >= 0.3 is 0 Å². The van der Waals surface area contributed by atoms with E-state index in [1.54, 1.807) is 0 Å². The highest BCUT2D eigenvalue weighted by Gasteiger charge is 2.16. The molecule has 1 aliphatic carbocycles. The molecule has 0 radical (unpaired) electrons. The molecule has 1 fully saturated rings. The highest BCUT2D eigenvalue weighted by molar-refractivity contribution is 5.75. The summed E-state index contributed by atoms with van der Waals surface area (Å²) in [5, 5.41) is 0. The van der Waals surface area contributed by atoms with Gasteiger partial charge in [0.05, 0.1) is 6.10 Å². The molecule has 0 saturated heterocycles. The Kier molecular flexibility index (Phi) is 4.59. The molecule has 0 heterocycles. The van der Waals surface area contributed by atoms with Crippen LogP contribution in [0.3, 0.4) is 0 Å². The van der Waals surface area contributed by atoms with Crippen molar-refractivity contribution in [2.75, 3.05) is 5.73 Å². The lowest BCUT2D eigenvalue weighted by atomic mass is 10.1. The Bertz CT molecular complexity index is 401. The lowest BCUT2D eigenvalue weighted by Gasteiger charge is -2.11. The molecule has 2 rings (SSSR count). The smallest absolute Gasteiger partial charge is 0.243 e. The Hall–Kier alpha value is -1.55. The molecule has 4 heteroatoms. The molecule has 1 saturated carbocycles. The zero-order valence-electron chi connectivity index (χ0n) is 10.5. The minimum Gasteiger partial charge on any atom is -0.399 e. The van der Waals surface area contributed by atoms with Crippen LogP contribution in [0, 0.1) is 0 Å². The molecule has 0 aromatic heterocycles. The normalized spacial score (nSPS) is 15.8. The fraction of sp³-hybridized carbons (Fsp3) is 0.500. The van der Waals surface area contributed by atoms with Crippen molar-refractivity contribution in [1.29, 1.82) is 0 Å². The van der Waals surface area contributed by atoms with E-state index < -0.39 is 0 Å². The third-order valence-corrected chi connectivity index (χ3v) is 3.23. The largest absolute Gasteiger partial charge is 0.399 e. The number of nitrogens with one attached hydrogen (secondary N) is 1. The van der Waals surface area contributed by atoms with Crippen molar-refractivity contribution in [1.82, 2.24) is 5.48 Å². The number of rotatable bonds is 5. The van der Waals surface area contributed by atoms with Crippen molar-refractivity contribution in [3.63, 3.8) is 0 Å². The minimum absolute atomic E-state index is 0.0654. The van der Waals surface area contributed by atoms with E-state index in [4.69, 9.17) is 10.6 Å². The molecule has 0 unspecified atom stereocenters. The second kappa shape index (κ2) is 6.40. The lowest BCUT2D eigenvalue weighted by Crippen LogP contribution is -2.28. The van der Waals surface area contributed by atoms with Crippen molar-refractivity contribution >= 4 is 11.6 Å². The summed E-state index contributed by atoms with van der Waals surface area (Å²) in [6, 6.07) is 7.61. The number of amides is 1.